The SMILES string of the molecule is COc1c(C)cc(C(=O)C2CCCOC2)cc1C. The minimum Gasteiger partial charge on any atom is -0.496 e. The van der Waals surface area contributed by atoms with E-state index in [0.717, 1.165) is 41.9 Å². The molecule has 1 unspecified atom stereocenters. The topological polar surface area (TPSA) is 35.5 Å². The van der Waals surface area contributed by atoms with Crippen LogP contribution in [-0.2, 0) is 4.74 Å². The Balaban J connectivity index is 2.25. The molecular formula is C15H20O3. The van der Waals surface area contributed by atoms with E-state index in [1.165, 1.54) is 0 Å². The van der Waals surface area contributed by atoms with Gasteiger partial charge >= 0.3 is 0 Å². The van der Waals surface area contributed by atoms with Crippen molar-refractivity contribution in [3.63, 3.8) is 0 Å². The maximum absolute atomic E-state index is 12.4. The van der Waals surface area contributed by atoms with E-state index in [-0.39, 0.29) is 11.7 Å². The number of benzene rings is 1. The van der Waals surface area contributed by atoms with Crippen LogP contribution >= 0.6 is 0 Å². The molecule has 0 N–H and O–H groups in total. The molecule has 3 nitrogen and oxygen atoms in total. The van der Waals surface area contributed by atoms with E-state index < -0.39 is 0 Å². The molecule has 1 aromatic carbocycles. The number of Topliss-reactive ketones (excluding diaryl/α,β-unsaturated/α-hetero) is 1. The first-order chi connectivity index (χ1) is 8.63. The molecule has 98 valence electrons. The van der Waals surface area contributed by atoms with E-state index in [2.05, 4.69) is 0 Å². The Morgan fingerprint density at radius 2 is 2.00 bits per heavy atom. The van der Waals surface area contributed by atoms with E-state index in [1.807, 2.05) is 26.0 Å². The molecule has 0 spiro atoms. The van der Waals surface area contributed by atoms with Gasteiger partial charge in [-0.3, -0.25) is 4.79 Å². The number of ether oxygens (including phenoxy) is 2. The van der Waals surface area contributed by atoms with Crippen molar-refractivity contribution in [2.45, 2.75) is 26.7 Å². The van der Waals surface area contributed by atoms with Gasteiger partial charge in [-0.25, -0.2) is 0 Å². The van der Waals surface area contributed by atoms with Crippen molar-refractivity contribution >= 4 is 5.78 Å². The third-order valence-electron chi connectivity index (χ3n) is 3.48. The number of methoxy groups -OCH3 is 1. The number of rotatable bonds is 3. The lowest BCUT2D eigenvalue weighted by atomic mass is 9.91. The summed E-state index contributed by atoms with van der Waals surface area (Å²) < 4.78 is 10.7. The van der Waals surface area contributed by atoms with Gasteiger partial charge in [0.05, 0.1) is 13.7 Å². The Kier molecular flexibility index (Phi) is 4.02. The summed E-state index contributed by atoms with van der Waals surface area (Å²) in [5.41, 5.74) is 2.80. The van der Waals surface area contributed by atoms with Gasteiger partial charge in [-0.05, 0) is 49.9 Å². The maximum atomic E-state index is 12.4. The minimum atomic E-state index is 0.0194. The summed E-state index contributed by atoms with van der Waals surface area (Å²) in [7, 11) is 1.66. The fourth-order valence-corrected chi connectivity index (χ4v) is 2.60. The van der Waals surface area contributed by atoms with Crippen LogP contribution in [0.3, 0.4) is 0 Å². The summed E-state index contributed by atoms with van der Waals surface area (Å²) in [6.07, 6.45) is 1.91. The zero-order valence-corrected chi connectivity index (χ0v) is 11.3. The van der Waals surface area contributed by atoms with Gasteiger partial charge in [-0.2, -0.15) is 0 Å². The van der Waals surface area contributed by atoms with Crippen molar-refractivity contribution in [2.24, 2.45) is 5.92 Å². The lowest BCUT2D eigenvalue weighted by Gasteiger charge is -2.21. The second-order valence-corrected chi connectivity index (χ2v) is 4.92. The van der Waals surface area contributed by atoms with E-state index in [9.17, 15) is 4.79 Å². The highest BCUT2D eigenvalue weighted by Gasteiger charge is 2.23. The minimum absolute atomic E-state index is 0.0194. The van der Waals surface area contributed by atoms with Gasteiger partial charge < -0.3 is 9.47 Å². The van der Waals surface area contributed by atoms with Crippen molar-refractivity contribution in [1.82, 2.24) is 0 Å². The van der Waals surface area contributed by atoms with Gasteiger partial charge in [0.25, 0.3) is 0 Å². The number of aryl methyl sites for hydroxylation is 2. The molecule has 18 heavy (non-hydrogen) atoms. The predicted octanol–water partition coefficient (Wildman–Crippen LogP) is 2.92. The summed E-state index contributed by atoms with van der Waals surface area (Å²) in [6.45, 7) is 5.29. The number of ketones is 1. The normalized spacial score (nSPS) is 19.6. The molecule has 0 aliphatic carbocycles. The molecule has 1 atom stereocenters. The average molecular weight is 248 g/mol. The third kappa shape index (κ3) is 2.56. The van der Waals surface area contributed by atoms with Crippen LogP contribution in [0.2, 0.25) is 0 Å². The van der Waals surface area contributed by atoms with E-state index >= 15 is 0 Å². The highest BCUT2D eigenvalue weighted by Crippen LogP contribution is 2.27. The van der Waals surface area contributed by atoms with Crippen LogP contribution < -0.4 is 4.74 Å². The summed E-state index contributed by atoms with van der Waals surface area (Å²) >= 11 is 0. The van der Waals surface area contributed by atoms with Crippen molar-refractivity contribution < 1.29 is 14.3 Å². The Morgan fingerprint density at radius 1 is 1.33 bits per heavy atom. The van der Waals surface area contributed by atoms with Gasteiger partial charge in [0.1, 0.15) is 5.75 Å². The smallest absolute Gasteiger partial charge is 0.168 e. The quantitative estimate of drug-likeness (QED) is 0.771. The summed E-state index contributed by atoms with van der Waals surface area (Å²) in [5, 5.41) is 0. The average Bonchev–Trinajstić information content (AvgIpc) is 2.38. The highest BCUT2D eigenvalue weighted by molar-refractivity contribution is 5.98. The van der Waals surface area contributed by atoms with E-state index in [1.54, 1.807) is 7.11 Å². The molecule has 0 saturated carbocycles. The maximum Gasteiger partial charge on any atom is 0.168 e. The second kappa shape index (κ2) is 5.53. The molecule has 0 amide bonds. The van der Waals surface area contributed by atoms with Crippen LogP contribution in [0.5, 0.6) is 5.75 Å². The van der Waals surface area contributed by atoms with Gasteiger partial charge in [0.15, 0.2) is 5.78 Å². The molecule has 1 aromatic rings. The lowest BCUT2D eigenvalue weighted by molar-refractivity contribution is 0.0461. The van der Waals surface area contributed by atoms with Crippen LogP contribution in [0.4, 0.5) is 0 Å². The molecule has 0 bridgehead atoms. The molecule has 0 radical (unpaired) electrons. The molecular weight excluding hydrogens is 228 g/mol. The molecule has 3 heteroatoms. The van der Waals surface area contributed by atoms with Crippen LogP contribution in [-0.4, -0.2) is 26.1 Å². The van der Waals surface area contributed by atoms with Gasteiger partial charge in [0.2, 0.25) is 0 Å². The number of hydrogen-bond donors (Lipinski definition) is 0. The monoisotopic (exact) mass is 248 g/mol. The van der Waals surface area contributed by atoms with Crippen molar-refractivity contribution in [2.75, 3.05) is 20.3 Å². The number of hydrogen-bond acceptors (Lipinski definition) is 3. The summed E-state index contributed by atoms with van der Waals surface area (Å²) in [4.78, 5) is 12.4. The molecule has 2 rings (SSSR count). The Bertz CT molecular complexity index is 422. The molecule has 0 aromatic heterocycles. The van der Waals surface area contributed by atoms with Crippen LogP contribution in [0.25, 0.3) is 0 Å². The first kappa shape index (κ1) is 13.1. The highest BCUT2D eigenvalue weighted by atomic mass is 16.5. The lowest BCUT2D eigenvalue weighted by Crippen LogP contribution is -2.25. The standard InChI is InChI=1S/C15H20O3/c1-10-7-13(8-11(2)15(10)17-3)14(16)12-5-4-6-18-9-12/h7-8,12H,4-6,9H2,1-3H3. The Hall–Kier alpha value is -1.35. The molecule has 1 saturated heterocycles. The number of carbonyl (C=O) groups is 1. The second-order valence-electron chi connectivity index (χ2n) is 4.92. The van der Waals surface area contributed by atoms with Crippen molar-refractivity contribution in [3.05, 3.63) is 28.8 Å². The zero-order chi connectivity index (χ0) is 13.1. The van der Waals surface area contributed by atoms with Gasteiger partial charge in [-0.1, -0.05) is 0 Å². The van der Waals surface area contributed by atoms with E-state index in [0.29, 0.717) is 6.61 Å². The molecule has 1 aliphatic heterocycles. The largest absolute Gasteiger partial charge is 0.496 e. The molecule has 1 fully saturated rings. The molecule has 1 aliphatic rings. The summed E-state index contributed by atoms with van der Waals surface area (Å²) in [6, 6.07) is 3.84. The first-order valence-corrected chi connectivity index (χ1v) is 6.40. The summed E-state index contributed by atoms with van der Waals surface area (Å²) in [5.74, 6) is 1.08. The van der Waals surface area contributed by atoms with Crippen molar-refractivity contribution in [1.29, 1.82) is 0 Å². The van der Waals surface area contributed by atoms with Crippen molar-refractivity contribution in [3.8, 4) is 5.75 Å². The third-order valence-corrected chi connectivity index (χ3v) is 3.48. The Morgan fingerprint density at radius 3 is 2.50 bits per heavy atom. The fourth-order valence-electron chi connectivity index (χ4n) is 2.60. The van der Waals surface area contributed by atoms with E-state index in [4.69, 9.17) is 9.47 Å². The van der Waals surface area contributed by atoms with Gasteiger partial charge in [-0.15, -0.1) is 0 Å². The zero-order valence-electron chi connectivity index (χ0n) is 11.3. The molecule has 1 heterocycles. The predicted molar refractivity (Wildman–Crippen MR) is 70.3 cm³/mol. The first-order valence-electron chi connectivity index (χ1n) is 6.40. The van der Waals surface area contributed by atoms with Crippen LogP contribution in [0.15, 0.2) is 12.1 Å². The van der Waals surface area contributed by atoms with Crippen LogP contribution in [0, 0.1) is 19.8 Å². The number of carbonyl (C=O) groups excluding carboxylic acids is 1. The van der Waals surface area contributed by atoms with Crippen LogP contribution in [0.1, 0.15) is 34.3 Å². The Labute approximate surface area is 108 Å². The fraction of sp³-hybridized carbons (Fsp3) is 0.533. The van der Waals surface area contributed by atoms with Gasteiger partial charge in [0, 0.05) is 18.1 Å².